The Bertz CT molecular complexity index is 782. The van der Waals surface area contributed by atoms with Crippen LogP contribution in [-0.2, 0) is 13.5 Å². The summed E-state index contributed by atoms with van der Waals surface area (Å²) in [5.41, 5.74) is 3.15. The lowest BCUT2D eigenvalue weighted by atomic mass is 9.92. The molecule has 0 aliphatic heterocycles. The second-order valence-corrected chi connectivity index (χ2v) is 5.85. The fourth-order valence-corrected chi connectivity index (χ4v) is 3.10. The first-order valence-corrected chi connectivity index (χ1v) is 7.54. The molecule has 1 aliphatic carbocycles. The van der Waals surface area contributed by atoms with Gasteiger partial charge in [-0.05, 0) is 38.3 Å². The minimum Gasteiger partial charge on any atom is -0.345 e. The van der Waals surface area contributed by atoms with Crippen molar-refractivity contribution in [2.24, 2.45) is 7.05 Å². The smallest absolute Gasteiger partial charge is 0.272 e. The maximum absolute atomic E-state index is 12.5. The van der Waals surface area contributed by atoms with Crippen molar-refractivity contribution in [3.05, 3.63) is 56.9 Å². The maximum Gasteiger partial charge on any atom is 0.272 e. The van der Waals surface area contributed by atoms with Crippen LogP contribution in [-0.4, -0.2) is 20.6 Å². The molecule has 7 heteroatoms. The van der Waals surface area contributed by atoms with Crippen LogP contribution in [0, 0.1) is 17.0 Å². The van der Waals surface area contributed by atoms with Crippen LogP contribution in [0.2, 0.25) is 0 Å². The van der Waals surface area contributed by atoms with Gasteiger partial charge in [0.1, 0.15) is 0 Å². The SMILES string of the molecule is Cc1cc(C(=O)N[C@@H]2CCCc3c2cnn3C)ccc1[N+](=O)[O-]. The van der Waals surface area contributed by atoms with Crippen molar-refractivity contribution in [2.75, 3.05) is 0 Å². The first kappa shape index (κ1) is 15.2. The highest BCUT2D eigenvalue weighted by Gasteiger charge is 2.25. The number of amides is 1. The third kappa shape index (κ3) is 2.81. The fourth-order valence-electron chi connectivity index (χ4n) is 3.10. The van der Waals surface area contributed by atoms with Crippen molar-refractivity contribution in [1.29, 1.82) is 0 Å². The summed E-state index contributed by atoms with van der Waals surface area (Å²) in [4.78, 5) is 22.9. The molecule has 1 aromatic carbocycles. The third-order valence-corrected chi connectivity index (χ3v) is 4.34. The molecule has 0 bridgehead atoms. The van der Waals surface area contributed by atoms with E-state index >= 15 is 0 Å². The molecule has 1 amide bonds. The van der Waals surface area contributed by atoms with Crippen molar-refractivity contribution >= 4 is 11.6 Å². The van der Waals surface area contributed by atoms with Gasteiger partial charge < -0.3 is 5.32 Å². The summed E-state index contributed by atoms with van der Waals surface area (Å²) < 4.78 is 1.85. The quantitative estimate of drug-likeness (QED) is 0.696. The Hall–Kier alpha value is -2.70. The van der Waals surface area contributed by atoms with E-state index < -0.39 is 4.92 Å². The van der Waals surface area contributed by atoms with Gasteiger partial charge in [0.2, 0.25) is 0 Å². The number of nitrogens with zero attached hydrogens (tertiary/aromatic N) is 3. The molecule has 1 aliphatic rings. The van der Waals surface area contributed by atoms with Crippen molar-refractivity contribution in [2.45, 2.75) is 32.2 Å². The summed E-state index contributed by atoms with van der Waals surface area (Å²) in [5.74, 6) is -0.218. The minimum absolute atomic E-state index is 0.0220. The van der Waals surface area contributed by atoms with Gasteiger partial charge in [0.05, 0.1) is 17.2 Å². The number of aromatic nitrogens is 2. The number of rotatable bonds is 3. The summed E-state index contributed by atoms with van der Waals surface area (Å²) in [6.45, 7) is 1.63. The van der Waals surface area contributed by atoms with Crippen molar-refractivity contribution in [3.8, 4) is 0 Å². The van der Waals surface area contributed by atoms with Crippen LogP contribution < -0.4 is 5.32 Å². The highest BCUT2D eigenvalue weighted by atomic mass is 16.6. The zero-order valence-corrected chi connectivity index (χ0v) is 13.1. The van der Waals surface area contributed by atoms with Gasteiger partial charge in [-0.15, -0.1) is 0 Å². The second kappa shape index (κ2) is 5.83. The van der Waals surface area contributed by atoms with E-state index in [-0.39, 0.29) is 17.6 Å². The van der Waals surface area contributed by atoms with Crippen LogP contribution in [0.3, 0.4) is 0 Å². The number of fused-ring (bicyclic) bond motifs is 1. The van der Waals surface area contributed by atoms with Crippen LogP contribution in [0.4, 0.5) is 5.69 Å². The van der Waals surface area contributed by atoms with E-state index in [1.807, 2.05) is 11.7 Å². The van der Waals surface area contributed by atoms with Crippen molar-refractivity contribution in [1.82, 2.24) is 15.1 Å². The first-order chi connectivity index (χ1) is 11.0. The van der Waals surface area contributed by atoms with E-state index in [0.29, 0.717) is 11.1 Å². The molecule has 7 nitrogen and oxygen atoms in total. The predicted molar refractivity (Wildman–Crippen MR) is 84.2 cm³/mol. The molecule has 23 heavy (non-hydrogen) atoms. The van der Waals surface area contributed by atoms with E-state index in [1.165, 1.54) is 12.1 Å². The molecule has 120 valence electrons. The van der Waals surface area contributed by atoms with Gasteiger partial charge in [-0.1, -0.05) is 0 Å². The van der Waals surface area contributed by atoms with Gasteiger partial charge in [0.25, 0.3) is 11.6 Å². The summed E-state index contributed by atoms with van der Waals surface area (Å²) in [6, 6.07) is 4.37. The molecule has 1 N–H and O–H groups in total. The summed E-state index contributed by atoms with van der Waals surface area (Å²) >= 11 is 0. The van der Waals surface area contributed by atoms with E-state index in [0.717, 1.165) is 30.5 Å². The summed E-state index contributed by atoms with van der Waals surface area (Å²) in [7, 11) is 1.91. The molecule has 0 unspecified atom stereocenters. The van der Waals surface area contributed by atoms with Crippen LogP contribution in [0.25, 0.3) is 0 Å². The molecule has 2 aromatic rings. The van der Waals surface area contributed by atoms with Crippen molar-refractivity contribution in [3.63, 3.8) is 0 Å². The highest BCUT2D eigenvalue weighted by Crippen LogP contribution is 2.29. The van der Waals surface area contributed by atoms with Crippen LogP contribution in [0.15, 0.2) is 24.4 Å². The van der Waals surface area contributed by atoms with Crippen LogP contribution >= 0.6 is 0 Å². The number of hydrogen-bond acceptors (Lipinski definition) is 4. The summed E-state index contributed by atoms with van der Waals surface area (Å²) in [5, 5.41) is 18.1. The van der Waals surface area contributed by atoms with E-state index in [9.17, 15) is 14.9 Å². The number of carbonyl (C=O) groups is 1. The Kier molecular flexibility index (Phi) is 3.85. The molecule has 1 aromatic heterocycles. The Labute approximate surface area is 133 Å². The number of carbonyl (C=O) groups excluding carboxylic acids is 1. The second-order valence-electron chi connectivity index (χ2n) is 5.85. The van der Waals surface area contributed by atoms with Gasteiger partial charge in [-0.3, -0.25) is 19.6 Å². The predicted octanol–water partition coefficient (Wildman–Crippen LogP) is 2.44. The summed E-state index contributed by atoms with van der Waals surface area (Å²) in [6.07, 6.45) is 4.64. The van der Waals surface area contributed by atoms with E-state index in [1.54, 1.807) is 19.2 Å². The third-order valence-electron chi connectivity index (χ3n) is 4.34. The van der Waals surface area contributed by atoms with Gasteiger partial charge in [0.15, 0.2) is 0 Å². The number of hydrogen-bond donors (Lipinski definition) is 1. The zero-order valence-electron chi connectivity index (χ0n) is 13.1. The highest BCUT2D eigenvalue weighted by molar-refractivity contribution is 5.95. The molecule has 3 rings (SSSR count). The van der Waals surface area contributed by atoms with E-state index in [4.69, 9.17) is 0 Å². The molecule has 1 heterocycles. The lowest BCUT2D eigenvalue weighted by Crippen LogP contribution is -2.31. The number of aryl methyl sites for hydroxylation is 2. The normalized spacial score (nSPS) is 16.7. The number of benzene rings is 1. The number of nitrogens with one attached hydrogen (secondary N) is 1. The lowest BCUT2D eigenvalue weighted by molar-refractivity contribution is -0.385. The molecular weight excluding hydrogens is 296 g/mol. The average Bonchev–Trinajstić information content (AvgIpc) is 2.89. The Balaban J connectivity index is 1.80. The van der Waals surface area contributed by atoms with Crippen molar-refractivity contribution < 1.29 is 9.72 Å². The molecular formula is C16H18N4O3. The molecule has 0 radical (unpaired) electrons. The molecule has 0 saturated heterocycles. The zero-order chi connectivity index (χ0) is 16.6. The largest absolute Gasteiger partial charge is 0.345 e. The van der Waals surface area contributed by atoms with Gasteiger partial charge in [-0.2, -0.15) is 5.10 Å². The number of nitro benzene ring substituents is 1. The Morgan fingerprint density at radius 2 is 2.26 bits per heavy atom. The van der Waals surface area contributed by atoms with Gasteiger partial charge in [0, 0.05) is 35.5 Å². The van der Waals surface area contributed by atoms with Gasteiger partial charge >= 0.3 is 0 Å². The fraction of sp³-hybridized carbons (Fsp3) is 0.375. The topological polar surface area (TPSA) is 90.1 Å². The standard InChI is InChI=1S/C16H18N4O3/c1-10-8-11(6-7-14(10)20(22)23)16(21)18-13-4-3-5-15-12(13)9-17-19(15)2/h6-9,13H,3-5H2,1-2H3,(H,18,21)/t13-/m1/s1. The van der Waals surface area contributed by atoms with Crippen LogP contribution in [0.1, 0.15) is 46.1 Å². The molecule has 1 atom stereocenters. The minimum atomic E-state index is -0.444. The monoisotopic (exact) mass is 314 g/mol. The van der Waals surface area contributed by atoms with Gasteiger partial charge in [-0.25, -0.2) is 0 Å². The molecule has 0 fully saturated rings. The van der Waals surface area contributed by atoms with Crippen LogP contribution in [0.5, 0.6) is 0 Å². The average molecular weight is 314 g/mol. The Morgan fingerprint density at radius 3 is 2.96 bits per heavy atom. The maximum atomic E-state index is 12.5. The molecule has 0 saturated carbocycles. The lowest BCUT2D eigenvalue weighted by Gasteiger charge is -2.23. The van der Waals surface area contributed by atoms with E-state index in [2.05, 4.69) is 10.4 Å². The Morgan fingerprint density at radius 1 is 1.48 bits per heavy atom. The number of nitro groups is 1. The first-order valence-electron chi connectivity index (χ1n) is 7.54. The molecule has 0 spiro atoms.